The Hall–Kier alpha value is -2.69. The molecule has 118 valence electrons. The maximum absolute atomic E-state index is 13.2. The topological polar surface area (TPSA) is 42.1 Å². The van der Waals surface area contributed by atoms with Crippen LogP contribution in [0.25, 0.3) is 10.9 Å². The van der Waals surface area contributed by atoms with Gasteiger partial charge in [0, 0.05) is 28.2 Å². The Bertz CT molecular complexity index is 886. The van der Waals surface area contributed by atoms with E-state index in [2.05, 4.69) is 4.98 Å². The second kappa shape index (κ2) is 5.83. The second-order valence-electron chi connectivity index (χ2n) is 5.37. The molecule has 0 radical (unpaired) electrons. The predicted molar refractivity (Wildman–Crippen MR) is 83.8 cm³/mol. The van der Waals surface area contributed by atoms with Gasteiger partial charge >= 0.3 is 0 Å². The van der Waals surface area contributed by atoms with Crippen molar-refractivity contribution in [2.75, 3.05) is 0 Å². The fourth-order valence-corrected chi connectivity index (χ4v) is 2.61. The molecule has 2 aromatic carbocycles. The van der Waals surface area contributed by atoms with E-state index in [0.717, 1.165) is 28.7 Å². The standard InChI is InChI=1S/C18H15F2NO2/c1-10-17(13-5-3-4-6-16(13)21-10)18(22)11(2)23-12-7-8-14(19)15(20)9-12/h3-9,11,21H,1-2H3/t11-/m1/s1. The highest BCUT2D eigenvalue weighted by Crippen LogP contribution is 2.25. The number of rotatable bonds is 4. The number of aromatic nitrogens is 1. The Balaban J connectivity index is 1.89. The number of fused-ring (bicyclic) bond motifs is 1. The highest BCUT2D eigenvalue weighted by molar-refractivity contribution is 6.11. The van der Waals surface area contributed by atoms with Crippen LogP contribution in [0.1, 0.15) is 23.0 Å². The number of carbonyl (C=O) groups is 1. The van der Waals surface area contributed by atoms with Crippen molar-refractivity contribution in [1.29, 1.82) is 0 Å². The number of para-hydroxylation sites is 1. The first-order chi connectivity index (χ1) is 11.0. The second-order valence-corrected chi connectivity index (χ2v) is 5.37. The minimum atomic E-state index is -1.01. The lowest BCUT2D eigenvalue weighted by atomic mass is 10.0. The Kier molecular flexibility index (Phi) is 3.86. The highest BCUT2D eigenvalue weighted by atomic mass is 19.2. The third-order valence-corrected chi connectivity index (χ3v) is 3.71. The summed E-state index contributed by atoms with van der Waals surface area (Å²) in [5, 5.41) is 0.815. The molecule has 0 bridgehead atoms. The molecule has 1 heterocycles. The van der Waals surface area contributed by atoms with E-state index < -0.39 is 17.7 Å². The molecule has 0 aliphatic heterocycles. The quantitative estimate of drug-likeness (QED) is 0.725. The third kappa shape index (κ3) is 2.82. The molecule has 0 saturated heterocycles. The number of Topliss-reactive ketones (excluding diaryl/α,β-unsaturated/α-hetero) is 1. The van der Waals surface area contributed by atoms with Crippen molar-refractivity contribution in [2.45, 2.75) is 20.0 Å². The van der Waals surface area contributed by atoms with E-state index in [1.165, 1.54) is 6.07 Å². The number of aromatic amines is 1. The molecule has 0 amide bonds. The number of H-pyrrole nitrogens is 1. The van der Waals surface area contributed by atoms with Crippen LogP contribution in [0.3, 0.4) is 0 Å². The summed E-state index contributed by atoms with van der Waals surface area (Å²) in [4.78, 5) is 15.8. The fraction of sp³-hybridized carbons (Fsp3) is 0.167. The lowest BCUT2D eigenvalue weighted by Gasteiger charge is -2.14. The van der Waals surface area contributed by atoms with E-state index >= 15 is 0 Å². The van der Waals surface area contributed by atoms with Gasteiger partial charge in [-0.25, -0.2) is 8.78 Å². The zero-order valence-corrected chi connectivity index (χ0v) is 12.7. The van der Waals surface area contributed by atoms with Crippen molar-refractivity contribution in [2.24, 2.45) is 0 Å². The Morgan fingerprint density at radius 2 is 1.87 bits per heavy atom. The molecule has 5 heteroatoms. The van der Waals surface area contributed by atoms with Crippen LogP contribution >= 0.6 is 0 Å². The normalized spacial score (nSPS) is 12.3. The van der Waals surface area contributed by atoms with Crippen LogP contribution in [-0.4, -0.2) is 16.9 Å². The van der Waals surface area contributed by atoms with Crippen LogP contribution in [0.5, 0.6) is 5.75 Å². The number of hydrogen-bond acceptors (Lipinski definition) is 2. The molecule has 3 aromatic rings. The number of benzene rings is 2. The summed E-state index contributed by atoms with van der Waals surface area (Å²) in [6, 6.07) is 10.7. The predicted octanol–water partition coefficient (Wildman–Crippen LogP) is 4.40. The molecular weight excluding hydrogens is 300 g/mol. The lowest BCUT2D eigenvalue weighted by molar-refractivity contribution is 0.0818. The summed E-state index contributed by atoms with van der Waals surface area (Å²) in [5.74, 6) is -2.07. The van der Waals surface area contributed by atoms with E-state index in [1.54, 1.807) is 6.92 Å². The summed E-state index contributed by atoms with van der Waals surface area (Å²) < 4.78 is 31.6. The number of ketones is 1. The zero-order chi connectivity index (χ0) is 16.6. The van der Waals surface area contributed by atoms with Gasteiger partial charge in [0.15, 0.2) is 17.7 Å². The van der Waals surface area contributed by atoms with Gasteiger partial charge in [0.25, 0.3) is 0 Å². The molecule has 0 fully saturated rings. The van der Waals surface area contributed by atoms with E-state index in [0.29, 0.717) is 5.56 Å². The monoisotopic (exact) mass is 315 g/mol. The zero-order valence-electron chi connectivity index (χ0n) is 12.7. The van der Waals surface area contributed by atoms with E-state index in [-0.39, 0.29) is 11.5 Å². The summed E-state index contributed by atoms with van der Waals surface area (Å²) in [6.07, 6.45) is -0.822. The first kappa shape index (κ1) is 15.2. The van der Waals surface area contributed by atoms with Crippen LogP contribution in [0, 0.1) is 18.6 Å². The third-order valence-electron chi connectivity index (χ3n) is 3.71. The SMILES string of the molecule is Cc1[nH]c2ccccc2c1C(=O)[C@@H](C)Oc1ccc(F)c(F)c1. The summed E-state index contributed by atoms with van der Waals surface area (Å²) in [5.41, 5.74) is 2.17. The van der Waals surface area contributed by atoms with Gasteiger partial charge in [-0.2, -0.15) is 0 Å². The van der Waals surface area contributed by atoms with E-state index in [4.69, 9.17) is 4.74 Å². The molecule has 0 aliphatic carbocycles. The number of aryl methyl sites for hydroxylation is 1. The summed E-state index contributed by atoms with van der Waals surface area (Å²) in [6.45, 7) is 3.41. The Labute approximate surface area is 131 Å². The van der Waals surface area contributed by atoms with Crippen molar-refractivity contribution in [3.63, 3.8) is 0 Å². The van der Waals surface area contributed by atoms with Crippen LogP contribution < -0.4 is 4.74 Å². The molecule has 1 N–H and O–H groups in total. The number of carbonyl (C=O) groups excluding carboxylic acids is 1. The molecule has 23 heavy (non-hydrogen) atoms. The van der Waals surface area contributed by atoms with Crippen LogP contribution in [0.2, 0.25) is 0 Å². The summed E-state index contributed by atoms with van der Waals surface area (Å²) in [7, 11) is 0. The van der Waals surface area contributed by atoms with Crippen LogP contribution in [-0.2, 0) is 0 Å². The van der Waals surface area contributed by atoms with Gasteiger partial charge in [0.05, 0.1) is 0 Å². The fourth-order valence-electron chi connectivity index (χ4n) is 2.61. The molecule has 0 spiro atoms. The highest BCUT2D eigenvalue weighted by Gasteiger charge is 2.23. The van der Waals surface area contributed by atoms with Gasteiger partial charge in [-0.05, 0) is 32.0 Å². The maximum atomic E-state index is 13.2. The average Bonchev–Trinajstić information content (AvgIpc) is 2.86. The van der Waals surface area contributed by atoms with E-state index in [1.807, 2.05) is 31.2 Å². The first-order valence-corrected chi connectivity index (χ1v) is 7.20. The smallest absolute Gasteiger partial charge is 0.205 e. The molecular formula is C18H15F2NO2. The number of ether oxygens (including phenoxy) is 1. The molecule has 0 unspecified atom stereocenters. The van der Waals surface area contributed by atoms with Gasteiger partial charge in [0.2, 0.25) is 5.78 Å². The lowest BCUT2D eigenvalue weighted by Crippen LogP contribution is -2.24. The number of halogens is 2. The molecule has 1 aromatic heterocycles. The van der Waals surface area contributed by atoms with Crippen molar-refractivity contribution >= 4 is 16.7 Å². The van der Waals surface area contributed by atoms with Gasteiger partial charge < -0.3 is 9.72 Å². The Morgan fingerprint density at radius 3 is 2.61 bits per heavy atom. The van der Waals surface area contributed by atoms with Crippen LogP contribution in [0.4, 0.5) is 8.78 Å². The van der Waals surface area contributed by atoms with E-state index in [9.17, 15) is 13.6 Å². The number of nitrogens with one attached hydrogen (secondary N) is 1. The molecule has 1 atom stereocenters. The minimum Gasteiger partial charge on any atom is -0.482 e. The molecule has 3 rings (SSSR count). The molecule has 0 saturated carbocycles. The van der Waals surface area contributed by atoms with Crippen molar-refractivity contribution in [1.82, 2.24) is 4.98 Å². The molecule has 0 aliphatic rings. The van der Waals surface area contributed by atoms with Crippen LogP contribution in [0.15, 0.2) is 42.5 Å². The maximum Gasteiger partial charge on any atom is 0.205 e. The largest absolute Gasteiger partial charge is 0.482 e. The van der Waals surface area contributed by atoms with Gasteiger partial charge in [-0.15, -0.1) is 0 Å². The Morgan fingerprint density at radius 1 is 1.13 bits per heavy atom. The van der Waals surface area contributed by atoms with Crippen molar-refractivity contribution in [3.8, 4) is 5.75 Å². The number of hydrogen-bond donors (Lipinski definition) is 1. The van der Waals surface area contributed by atoms with Gasteiger partial charge in [-0.3, -0.25) is 4.79 Å². The van der Waals surface area contributed by atoms with Crippen molar-refractivity contribution < 1.29 is 18.3 Å². The van der Waals surface area contributed by atoms with Gasteiger partial charge in [-0.1, -0.05) is 18.2 Å². The van der Waals surface area contributed by atoms with Gasteiger partial charge in [0.1, 0.15) is 5.75 Å². The minimum absolute atomic E-state index is 0.113. The molecule has 3 nitrogen and oxygen atoms in total. The average molecular weight is 315 g/mol. The summed E-state index contributed by atoms with van der Waals surface area (Å²) >= 11 is 0. The first-order valence-electron chi connectivity index (χ1n) is 7.20. The van der Waals surface area contributed by atoms with Crippen molar-refractivity contribution in [3.05, 3.63) is 65.4 Å².